The molecule has 0 aliphatic carbocycles. The molecular weight excluding hydrogens is 600 g/mol. The molecule has 0 spiro atoms. The average molecular weight is 631 g/mol. The third kappa shape index (κ3) is 6.19. The van der Waals surface area contributed by atoms with E-state index in [1.165, 1.54) is 26.2 Å². The molecule has 11 nitrogen and oxygen atoms in total. The Morgan fingerprint density at radius 3 is 1.96 bits per heavy atom. The molecule has 12 heteroatoms. The topological polar surface area (TPSA) is 149 Å². The van der Waals surface area contributed by atoms with Gasteiger partial charge in [-0.25, -0.2) is 4.79 Å². The van der Waals surface area contributed by atoms with Gasteiger partial charge >= 0.3 is 17.9 Å². The summed E-state index contributed by atoms with van der Waals surface area (Å²) < 4.78 is 16.8. The van der Waals surface area contributed by atoms with Crippen LogP contribution in [0.3, 0.4) is 0 Å². The SMILES string of the molecule is CO[C@]1(NC(=O)C(C(=O)O)c2ccccc2)C(=O)N2C(C(=O)OC(c3ccccc3)c3ccccc3)=C(COC(C)=O)CS[C@@H]21. The number of nitrogens with zero attached hydrogens (tertiary/aromatic N) is 1. The van der Waals surface area contributed by atoms with E-state index in [1.54, 1.807) is 18.2 Å². The van der Waals surface area contributed by atoms with E-state index in [2.05, 4.69) is 5.32 Å². The van der Waals surface area contributed by atoms with E-state index >= 15 is 0 Å². The number of carbonyl (C=O) groups is 5. The lowest BCUT2D eigenvalue weighted by Gasteiger charge is -2.56. The lowest BCUT2D eigenvalue weighted by molar-refractivity contribution is -0.193. The normalized spacial score (nSPS) is 19.7. The van der Waals surface area contributed by atoms with Crippen LogP contribution in [0.25, 0.3) is 0 Å². The first-order valence-corrected chi connectivity index (χ1v) is 15.0. The number of esters is 2. The smallest absolute Gasteiger partial charge is 0.356 e. The van der Waals surface area contributed by atoms with Gasteiger partial charge in [-0.2, -0.15) is 0 Å². The van der Waals surface area contributed by atoms with Crippen molar-refractivity contribution in [1.82, 2.24) is 10.2 Å². The number of carboxylic acid groups (broad SMARTS) is 1. The van der Waals surface area contributed by atoms with E-state index in [9.17, 15) is 29.1 Å². The maximum Gasteiger partial charge on any atom is 0.356 e. The molecule has 3 atom stereocenters. The lowest BCUT2D eigenvalue weighted by Crippen LogP contribution is -2.81. The fraction of sp³-hybridized carbons (Fsp3) is 0.242. The summed E-state index contributed by atoms with van der Waals surface area (Å²) in [5.74, 6) is -6.11. The number of rotatable bonds is 11. The van der Waals surface area contributed by atoms with Gasteiger partial charge in [0.2, 0.25) is 5.91 Å². The number of carboxylic acids is 1. The maximum atomic E-state index is 14.0. The van der Waals surface area contributed by atoms with E-state index in [1.807, 2.05) is 60.7 Å². The predicted molar refractivity (Wildman–Crippen MR) is 162 cm³/mol. The highest BCUT2D eigenvalue weighted by molar-refractivity contribution is 8.00. The van der Waals surface area contributed by atoms with Gasteiger partial charge in [-0.05, 0) is 16.7 Å². The van der Waals surface area contributed by atoms with Crippen LogP contribution in [0.4, 0.5) is 0 Å². The van der Waals surface area contributed by atoms with Gasteiger partial charge in [0.25, 0.3) is 11.6 Å². The van der Waals surface area contributed by atoms with Gasteiger partial charge in [0.05, 0.1) is 0 Å². The van der Waals surface area contributed by atoms with Gasteiger partial charge in [-0.15, -0.1) is 11.8 Å². The van der Waals surface area contributed by atoms with Crippen LogP contribution in [0.5, 0.6) is 0 Å². The van der Waals surface area contributed by atoms with Crippen LogP contribution < -0.4 is 5.32 Å². The standard InChI is InChI=1S/C33H30N2O9S/c1-20(36)43-18-24-19-45-32-33(42-2,34-28(37)25(29(38)39)21-12-6-3-7-13-21)31(41)35(32)26(24)30(40)44-27(22-14-8-4-9-15-22)23-16-10-5-11-17-23/h3-17,25,27,32H,18-19H2,1-2H3,(H,34,37)(H,38,39)/t25?,32-,33-/m1/s1. The minimum atomic E-state index is -1.97. The van der Waals surface area contributed by atoms with E-state index < -0.39 is 52.8 Å². The number of β-lactam (4-membered cyclic amide) rings is 1. The fourth-order valence-electron chi connectivity index (χ4n) is 5.29. The van der Waals surface area contributed by atoms with E-state index in [-0.39, 0.29) is 23.6 Å². The van der Waals surface area contributed by atoms with Gasteiger partial charge in [-0.1, -0.05) is 91.0 Å². The largest absolute Gasteiger partial charge is 0.480 e. The zero-order chi connectivity index (χ0) is 32.1. The first-order chi connectivity index (χ1) is 21.7. The van der Waals surface area contributed by atoms with Crippen LogP contribution in [0, 0.1) is 0 Å². The zero-order valence-corrected chi connectivity index (χ0v) is 25.2. The Morgan fingerprint density at radius 2 is 1.47 bits per heavy atom. The Balaban J connectivity index is 1.48. The maximum absolute atomic E-state index is 14.0. The second-order valence-corrected chi connectivity index (χ2v) is 11.4. The summed E-state index contributed by atoms with van der Waals surface area (Å²) in [6, 6.07) is 26.0. The summed E-state index contributed by atoms with van der Waals surface area (Å²) >= 11 is 1.16. The van der Waals surface area contributed by atoms with Crippen molar-refractivity contribution in [1.29, 1.82) is 0 Å². The Labute approximate surface area is 263 Å². The highest BCUT2D eigenvalue weighted by Gasteiger charge is 2.67. The third-order valence-electron chi connectivity index (χ3n) is 7.46. The van der Waals surface area contributed by atoms with E-state index in [4.69, 9.17) is 14.2 Å². The van der Waals surface area contributed by atoms with Crippen molar-refractivity contribution >= 4 is 41.5 Å². The number of amides is 2. The number of hydrogen-bond donors (Lipinski definition) is 2. The van der Waals surface area contributed by atoms with Crippen LogP contribution in [0.2, 0.25) is 0 Å². The van der Waals surface area contributed by atoms with Crippen molar-refractivity contribution in [3.8, 4) is 0 Å². The van der Waals surface area contributed by atoms with Crippen molar-refractivity contribution in [3.63, 3.8) is 0 Å². The summed E-state index contributed by atoms with van der Waals surface area (Å²) in [6.07, 6.45) is -0.833. The second-order valence-electron chi connectivity index (χ2n) is 10.3. The van der Waals surface area contributed by atoms with Gasteiger partial charge in [0.15, 0.2) is 12.0 Å². The molecule has 5 rings (SSSR count). The number of hydrogen-bond acceptors (Lipinski definition) is 9. The van der Waals surface area contributed by atoms with Crippen molar-refractivity contribution in [2.24, 2.45) is 0 Å². The first-order valence-electron chi connectivity index (χ1n) is 13.9. The minimum absolute atomic E-state index is 0.121. The van der Waals surface area contributed by atoms with Crippen molar-refractivity contribution in [2.45, 2.75) is 30.0 Å². The van der Waals surface area contributed by atoms with Crippen LogP contribution in [-0.4, -0.2) is 70.3 Å². The summed E-state index contributed by atoms with van der Waals surface area (Å²) in [6.45, 7) is 0.954. The number of thioether (sulfide) groups is 1. The number of ether oxygens (including phenoxy) is 3. The second kappa shape index (κ2) is 13.4. The molecule has 0 radical (unpaired) electrons. The molecule has 1 saturated heterocycles. The van der Waals surface area contributed by atoms with E-state index in [0.29, 0.717) is 16.7 Å². The molecular formula is C33H30N2O9S. The van der Waals surface area contributed by atoms with Crippen LogP contribution in [0.15, 0.2) is 102 Å². The quantitative estimate of drug-likeness (QED) is 0.140. The van der Waals surface area contributed by atoms with Crippen LogP contribution >= 0.6 is 11.8 Å². The first kappa shape index (κ1) is 31.5. The molecule has 2 N–H and O–H groups in total. The minimum Gasteiger partial charge on any atom is -0.480 e. The van der Waals surface area contributed by atoms with Gasteiger partial charge in [0.1, 0.15) is 17.7 Å². The molecule has 1 unspecified atom stereocenters. The molecule has 1 fully saturated rings. The van der Waals surface area contributed by atoms with Gasteiger partial charge in [-0.3, -0.25) is 24.1 Å². The fourth-order valence-corrected chi connectivity index (χ4v) is 6.71. The van der Waals surface area contributed by atoms with E-state index in [0.717, 1.165) is 16.7 Å². The molecule has 2 heterocycles. The lowest BCUT2D eigenvalue weighted by atomic mass is 9.94. The molecule has 45 heavy (non-hydrogen) atoms. The summed E-state index contributed by atoms with van der Waals surface area (Å²) in [5.41, 5.74) is -0.185. The molecule has 0 aromatic heterocycles. The molecule has 2 aliphatic heterocycles. The molecule has 0 saturated carbocycles. The molecule has 2 amide bonds. The van der Waals surface area contributed by atoms with Gasteiger partial charge in [0, 0.05) is 25.4 Å². The van der Waals surface area contributed by atoms with Crippen LogP contribution in [-0.2, 0) is 38.2 Å². The number of benzene rings is 3. The summed E-state index contributed by atoms with van der Waals surface area (Å²) in [7, 11) is 1.21. The Kier molecular flexibility index (Phi) is 9.35. The molecule has 232 valence electrons. The Morgan fingerprint density at radius 1 is 0.933 bits per heavy atom. The molecule has 3 aromatic rings. The Bertz CT molecular complexity index is 1590. The number of fused-ring (bicyclic) bond motifs is 1. The monoisotopic (exact) mass is 630 g/mol. The number of nitrogens with one attached hydrogen (secondary N) is 1. The number of carbonyl (C=O) groups excluding carboxylic acids is 4. The molecule has 0 bridgehead atoms. The number of methoxy groups -OCH3 is 1. The Hall–Kier alpha value is -4.94. The predicted octanol–water partition coefficient (Wildman–Crippen LogP) is 3.38. The van der Waals surface area contributed by atoms with Crippen LogP contribution in [0.1, 0.15) is 35.6 Å². The highest BCUT2D eigenvalue weighted by atomic mass is 32.2. The van der Waals surface area contributed by atoms with Crippen molar-refractivity contribution < 1.29 is 43.3 Å². The van der Waals surface area contributed by atoms with Crippen molar-refractivity contribution in [2.75, 3.05) is 19.5 Å². The molecule has 3 aromatic carbocycles. The highest BCUT2D eigenvalue weighted by Crippen LogP contribution is 2.47. The summed E-state index contributed by atoms with van der Waals surface area (Å²) in [4.78, 5) is 66.3. The summed E-state index contributed by atoms with van der Waals surface area (Å²) in [5, 5.41) is 11.4. The zero-order valence-electron chi connectivity index (χ0n) is 24.4. The third-order valence-corrected chi connectivity index (χ3v) is 8.83. The molecule has 2 aliphatic rings. The average Bonchev–Trinajstić information content (AvgIpc) is 3.05. The van der Waals surface area contributed by atoms with Crippen molar-refractivity contribution in [3.05, 3.63) is 119 Å². The van der Waals surface area contributed by atoms with Gasteiger partial charge < -0.3 is 24.6 Å². The number of aliphatic carboxylic acids is 1.